The molecule has 0 fully saturated rings. The lowest BCUT2D eigenvalue weighted by Gasteiger charge is -2.33. The molecule has 4 rings (SSSR count). The molecule has 3 aromatic rings. The lowest BCUT2D eigenvalue weighted by molar-refractivity contribution is -0.153. The van der Waals surface area contributed by atoms with Crippen LogP contribution in [-0.4, -0.2) is 62.6 Å². The topological polar surface area (TPSA) is 140 Å². The van der Waals surface area contributed by atoms with Gasteiger partial charge in [0, 0.05) is 23.0 Å². The zero-order valence-corrected chi connectivity index (χ0v) is 23.9. The maximum absolute atomic E-state index is 13.3. The van der Waals surface area contributed by atoms with E-state index >= 15 is 0 Å². The minimum Gasteiger partial charge on any atom is -0.467 e. The van der Waals surface area contributed by atoms with E-state index in [1.165, 1.54) is 12.0 Å². The molecule has 12 heteroatoms. The van der Waals surface area contributed by atoms with Crippen molar-refractivity contribution in [2.75, 3.05) is 12.9 Å². The summed E-state index contributed by atoms with van der Waals surface area (Å²) in [6.45, 7) is 9.58. The first-order chi connectivity index (χ1) is 18.5. The van der Waals surface area contributed by atoms with E-state index in [1.807, 2.05) is 38.1 Å². The first-order valence-corrected chi connectivity index (χ1v) is 13.9. The van der Waals surface area contributed by atoms with E-state index in [1.54, 1.807) is 20.8 Å². The van der Waals surface area contributed by atoms with E-state index < -0.39 is 29.7 Å². The minimum atomic E-state index is -0.735. The maximum Gasteiger partial charge on any atom is 0.408 e. The summed E-state index contributed by atoms with van der Waals surface area (Å²) in [7, 11) is 1.32. The Balaban J connectivity index is 1.46. The van der Waals surface area contributed by atoms with Gasteiger partial charge in [-0.15, -0.1) is 10.2 Å². The number of rotatable bonds is 8. The highest BCUT2D eigenvalue weighted by Gasteiger charge is 2.37. The van der Waals surface area contributed by atoms with Crippen molar-refractivity contribution in [1.82, 2.24) is 25.4 Å². The number of hydrogen-bond acceptors (Lipinski definition) is 9. The average molecular weight is 558 g/mol. The molecule has 0 unspecified atom stereocenters. The molecule has 3 heterocycles. The summed E-state index contributed by atoms with van der Waals surface area (Å²) in [5.74, 6) is -0.507. The van der Waals surface area contributed by atoms with E-state index in [0.717, 1.165) is 40.3 Å². The van der Waals surface area contributed by atoms with Crippen molar-refractivity contribution >= 4 is 40.6 Å². The second kappa shape index (κ2) is 11.7. The van der Waals surface area contributed by atoms with Gasteiger partial charge in [0.2, 0.25) is 11.8 Å². The third-order valence-electron chi connectivity index (χ3n) is 6.69. The Kier molecular flexibility index (Phi) is 8.53. The van der Waals surface area contributed by atoms with Gasteiger partial charge in [-0.2, -0.15) is 0 Å². The summed E-state index contributed by atoms with van der Waals surface area (Å²) in [6, 6.07) is 6.58. The Hall–Kier alpha value is -3.54. The van der Waals surface area contributed by atoms with Crippen LogP contribution in [0, 0.1) is 5.92 Å². The number of amides is 2. The summed E-state index contributed by atoms with van der Waals surface area (Å²) < 4.78 is 16.2. The molecule has 0 saturated carbocycles. The van der Waals surface area contributed by atoms with E-state index in [4.69, 9.17) is 13.9 Å². The largest absolute Gasteiger partial charge is 0.467 e. The number of methoxy groups -OCH3 is 1. The molecule has 0 spiro atoms. The number of aromatic nitrogens is 3. The Morgan fingerprint density at radius 3 is 2.69 bits per heavy atom. The van der Waals surface area contributed by atoms with E-state index in [-0.39, 0.29) is 35.2 Å². The zero-order valence-electron chi connectivity index (χ0n) is 23.1. The van der Waals surface area contributed by atoms with E-state index in [2.05, 4.69) is 20.5 Å². The number of nitrogens with one attached hydrogen (secondary N) is 2. The quantitative estimate of drug-likeness (QED) is 0.305. The van der Waals surface area contributed by atoms with Gasteiger partial charge < -0.3 is 29.1 Å². The molecule has 0 radical (unpaired) electrons. The standard InChI is InChI=1S/C27H35N5O6S/c1-7-15(2)22(29-25(35)38-27(3,4)5)23-30-31-26(37-23)39-14-21(33)32-13-19-17(12-20(32)24(34)36-6)16-10-8-9-11-18(16)28-19/h8-11,15,20,22,28H,7,12-14H2,1-6H3,(H,29,35)/t15-,20+,22+/m1/s1. The third kappa shape index (κ3) is 6.55. The van der Waals surface area contributed by atoms with Crippen molar-refractivity contribution in [2.24, 2.45) is 5.92 Å². The molecule has 1 aromatic carbocycles. The molecule has 0 saturated heterocycles. The minimum absolute atomic E-state index is 0.00267. The van der Waals surface area contributed by atoms with Crippen molar-refractivity contribution < 1.29 is 28.3 Å². The first kappa shape index (κ1) is 28.5. The third-order valence-corrected chi connectivity index (χ3v) is 7.49. The molecule has 3 atom stereocenters. The number of fused-ring (bicyclic) bond motifs is 3. The van der Waals surface area contributed by atoms with Crippen molar-refractivity contribution in [1.29, 1.82) is 0 Å². The second-order valence-electron chi connectivity index (χ2n) is 10.6. The molecule has 0 bridgehead atoms. The van der Waals surface area contributed by atoms with Crippen LogP contribution in [0.2, 0.25) is 0 Å². The molecule has 210 valence electrons. The highest BCUT2D eigenvalue weighted by molar-refractivity contribution is 7.99. The van der Waals surface area contributed by atoms with Gasteiger partial charge in [0.05, 0.1) is 19.4 Å². The normalized spacial score (nSPS) is 16.9. The molecule has 0 aliphatic carbocycles. The summed E-state index contributed by atoms with van der Waals surface area (Å²) in [5, 5.41) is 12.2. The molecule has 1 aliphatic heterocycles. The SMILES string of the molecule is CC[C@@H](C)[C@H](NC(=O)OC(C)(C)C)c1nnc(SCC(=O)N2Cc3[nH]c4ccccc4c3C[C@H]2C(=O)OC)o1. The smallest absolute Gasteiger partial charge is 0.408 e. The monoisotopic (exact) mass is 557 g/mol. The Bertz CT molecular complexity index is 1350. The molecule has 11 nitrogen and oxygen atoms in total. The number of H-pyrrole nitrogens is 1. The van der Waals surface area contributed by atoms with Crippen LogP contribution >= 0.6 is 11.8 Å². The number of carbonyl (C=O) groups excluding carboxylic acids is 3. The van der Waals surface area contributed by atoms with E-state index in [0.29, 0.717) is 6.42 Å². The number of aromatic amines is 1. The van der Waals surface area contributed by atoms with Crippen molar-refractivity contribution in [3.05, 3.63) is 41.4 Å². The summed E-state index contributed by atoms with van der Waals surface area (Å²) in [5.41, 5.74) is 2.24. The van der Waals surface area contributed by atoms with Gasteiger partial charge in [0.25, 0.3) is 5.22 Å². The first-order valence-electron chi connectivity index (χ1n) is 12.9. The van der Waals surface area contributed by atoms with Gasteiger partial charge in [-0.3, -0.25) is 4.79 Å². The van der Waals surface area contributed by atoms with Crippen LogP contribution in [0.4, 0.5) is 4.79 Å². The van der Waals surface area contributed by atoms with Gasteiger partial charge in [-0.05, 0) is 38.3 Å². The van der Waals surface area contributed by atoms with Crippen molar-refractivity contribution in [3.8, 4) is 0 Å². The lowest BCUT2D eigenvalue weighted by atomic mass is 9.96. The van der Waals surface area contributed by atoms with Crippen LogP contribution in [-0.2, 0) is 32.0 Å². The van der Waals surface area contributed by atoms with Gasteiger partial charge >= 0.3 is 12.1 Å². The Morgan fingerprint density at radius 1 is 1.26 bits per heavy atom. The van der Waals surface area contributed by atoms with Crippen LogP contribution in [0.25, 0.3) is 10.9 Å². The second-order valence-corrected chi connectivity index (χ2v) is 11.5. The Morgan fingerprint density at radius 2 is 2.00 bits per heavy atom. The molecular formula is C27H35N5O6S. The summed E-state index contributed by atoms with van der Waals surface area (Å²) in [6.07, 6.45) is 0.536. The summed E-state index contributed by atoms with van der Waals surface area (Å²) in [4.78, 5) is 43.3. The van der Waals surface area contributed by atoms with E-state index in [9.17, 15) is 14.4 Å². The fourth-order valence-corrected chi connectivity index (χ4v) is 5.20. The maximum atomic E-state index is 13.3. The van der Waals surface area contributed by atoms with Crippen LogP contribution < -0.4 is 5.32 Å². The van der Waals surface area contributed by atoms with Crippen LogP contribution in [0.1, 0.15) is 64.2 Å². The van der Waals surface area contributed by atoms with Gasteiger partial charge in [0.15, 0.2) is 0 Å². The number of alkyl carbamates (subject to hydrolysis) is 1. The number of ether oxygens (including phenoxy) is 2. The van der Waals surface area contributed by atoms with Crippen molar-refractivity contribution in [2.45, 2.75) is 76.9 Å². The van der Waals surface area contributed by atoms with Gasteiger partial charge in [0.1, 0.15) is 17.7 Å². The Labute approximate surface area is 231 Å². The van der Waals surface area contributed by atoms with Crippen LogP contribution in [0.3, 0.4) is 0 Å². The molecular weight excluding hydrogens is 522 g/mol. The molecule has 39 heavy (non-hydrogen) atoms. The predicted octanol–water partition coefficient (Wildman–Crippen LogP) is 4.38. The number of benzene rings is 1. The number of carbonyl (C=O) groups is 3. The highest BCUT2D eigenvalue weighted by Crippen LogP contribution is 2.32. The number of hydrogen-bond donors (Lipinski definition) is 2. The number of thioether (sulfide) groups is 1. The van der Waals surface area contributed by atoms with Gasteiger partial charge in [-0.1, -0.05) is 50.2 Å². The lowest BCUT2D eigenvalue weighted by Crippen LogP contribution is -2.49. The van der Waals surface area contributed by atoms with Crippen molar-refractivity contribution in [3.63, 3.8) is 0 Å². The zero-order chi connectivity index (χ0) is 28.3. The van der Waals surface area contributed by atoms with Crippen LogP contribution in [0.15, 0.2) is 33.9 Å². The fourth-order valence-electron chi connectivity index (χ4n) is 4.55. The molecule has 1 aliphatic rings. The van der Waals surface area contributed by atoms with Gasteiger partial charge in [-0.25, -0.2) is 9.59 Å². The summed E-state index contributed by atoms with van der Waals surface area (Å²) >= 11 is 1.08. The molecule has 2 N–H and O–H groups in total. The fraction of sp³-hybridized carbons (Fsp3) is 0.519. The predicted molar refractivity (Wildman–Crippen MR) is 145 cm³/mol. The number of para-hydroxylation sites is 1. The number of esters is 1. The number of nitrogens with zero attached hydrogens (tertiary/aromatic N) is 3. The van der Waals surface area contributed by atoms with Crippen LogP contribution in [0.5, 0.6) is 0 Å². The highest BCUT2D eigenvalue weighted by atomic mass is 32.2. The molecule has 2 aromatic heterocycles. The molecule has 2 amide bonds. The average Bonchev–Trinajstić information content (AvgIpc) is 3.52.